The number of pyridine rings is 3. The Morgan fingerprint density at radius 1 is 0.647 bits per heavy atom. The van der Waals surface area contributed by atoms with Crippen LogP contribution >= 0.6 is 0 Å². The van der Waals surface area contributed by atoms with Crippen LogP contribution in [0.4, 0.5) is 0 Å². The Kier molecular flexibility index (Phi) is 7.14. The van der Waals surface area contributed by atoms with Crippen molar-refractivity contribution in [2.45, 2.75) is 19.3 Å². The zero-order valence-electron chi connectivity index (χ0n) is 19.1. The van der Waals surface area contributed by atoms with E-state index in [0.717, 1.165) is 28.2 Å². The second kappa shape index (κ2) is 10.2. The molecule has 0 saturated carbocycles. The Morgan fingerprint density at radius 3 is 2.00 bits per heavy atom. The molecule has 5 aromatic rings. The largest absolute Gasteiger partial charge is 0.341 e. The molecule has 4 heteroatoms. The van der Waals surface area contributed by atoms with Gasteiger partial charge in [-0.15, -0.1) is 6.07 Å². The molecule has 0 aliphatic carbocycles. The molecular weight excluding hydrogens is 597 g/mol. The van der Waals surface area contributed by atoms with Crippen LogP contribution in [0.15, 0.2) is 110 Å². The average Bonchev–Trinajstić information content (AvgIpc) is 2.90. The van der Waals surface area contributed by atoms with E-state index in [-0.39, 0.29) is 26.5 Å². The molecule has 0 bridgehead atoms. The first-order valence-corrected chi connectivity index (χ1v) is 11.0. The van der Waals surface area contributed by atoms with Gasteiger partial charge in [-0.2, -0.15) is 0 Å². The molecule has 5 rings (SSSR count). The molecule has 0 fully saturated rings. The second-order valence-electron chi connectivity index (χ2n) is 8.55. The second-order valence-corrected chi connectivity index (χ2v) is 8.55. The number of hydrogen-bond acceptors (Lipinski definition) is 3. The summed E-state index contributed by atoms with van der Waals surface area (Å²) >= 11 is 0. The molecule has 0 aliphatic rings. The Balaban J connectivity index is 0.00000274. The molecular formula is C30H24N3Pt-. The minimum absolute atomic E-state index is 0. The van der Waals surface area contributed by atoms with E-state index in [2.05, 4.69) is 90.5 Å². The standard InChI is InChI=1S/C30H24N3.Pt/c1-30(2,26-16-14-23(15-17-26)22-9-4-3-5-10-22)29-13-8-12-28(33-29)25-19-24(20-31-21-25)27-11-6-7-18-32-27;/h3-18,20-21H,1-2H3;/q-1;. The Morgan fingerprint density at radius 2 is 1.29 bits per heavy atom. The molecule has 170 valence electrons. The van der Waals surface area contributed by atoms with Gasteiger partial charge in [0.05, 0.1) is 0 Å². The minimum Gasteiger partial charge on any atom is -0.341 e. The molecule has 0 unspecified atom stereocenters. The van der Waals surface area contributed by atoms with Gasteiger partial charge in [0.2, 0.25) is 0 Å². The fraction of sp³-hybridized carbons (Fsp3) is 0.100. The Bertz CT molecular complexity index is 1370. The van der Waals surface area contributed by atoms with E-state index in [1.165, 1.54) is 16.7 Å². The van der Waals surface area contributed by atoms with Crippen molar-refractivity contribution >= 4 is 0 Å². The third-order valence-corrected chi connectivity index (χ3v) is 6.00. The van der Waals surface area contributed by atoms with Gasteiger partial charge in [0.1, 0.15) is 0 Å². The first-order valence-electron chi connectivity index (χ1n) is 11.0. The molecule has 0 N–H and O–H groups in total. The molecule has 34 heavy (non-hydrogen) atoms. The summed E-state index contributed by atoms with van der Waals surface area (Å²) in [4.78, 5) is 13.8. The molecule has 0 amide bonds. The maximum atomic E-state index is 5.01. The smallest absolute Gasteiger partial charge is 0.0419 e. The van der Waals surface area contributed by atoms with E-state index in [1.54, 1.807) is 18.6 Å². The predicted octanol–water partition coefficient (Wildman–Crippen LogP) is 7.00. The number of rotatable bonds is 5. The maximum absolute atomic E-state index is 5.01. The van der Waals surface area contributed by atoms with Crippen molar-refractivity contribution in [1.29, 1.82) is 0 Å². The number of benzene rings is 2. The first-order chi connectivity index (χ1) is 16.1. The van der Waals surface area contributed by atoms with Crippen LogP contribution < -0.4 is 0 Å². The first kappa shape index (κ1) is 23.7. The molecule has 3 nitrogen and oxygen atoms in total. The normalized spacial score (nSPS) is 11.0. The topological polar surface area (TPSA) is 38.7 Å². The number of aromatic nitrogens is 3. The van der Waals surface area contributed by atoms with Crippen LogP contribution in [0.25, 0.3) is 33.6 Å². The van der Waals surface area contributed by atoms with Crippen LogP contribution in [0.3, 0.4) is 0 Å². The molecule has 0 radical (unpaired) electrons. The van der Waals surface area contributed by atoms with Gasteiger partial charge in [-0.1, -0.05) is 104 Å². The van der Waals surface area contributed by atoms with E-state index in [0.29, 0.717) is 0 Å². The zero-order chi connectivity index (χ0) is 22.7. The summed E-state index contributed by atoms with van der Waals surface area (Å²) in [5.74, 6) is 0. The molecule has 3 heterocycles. The summed E-state index contributed by atoms with van der Waals surface area (Å²) in [5, 5.41) is 0. The van der Waals surface area contributed by atoms with Crippen LogP contribution in [0.2, 0.25) is 0 Å². The summed E-state index contributed by atoms with van der Waals surface area (Å²) in [5.41, 5.74) is 7.82. The summed E-state index contributed by atoms with van der Waals surface area (Å²) < 4.78 is 0. The molecule has 0 aliphatic heterocycles. The van der Waals surface area contributed by atoms with Gasteiger partial charge < -0.3 is 4.98 Å². The summed E-state index contributed by atoms with van der Waals surface area (Å²) in [6.45, 7) is 4.42. The van der Waals surface area contributed by atoms with Gasteiger partial charge in [-0.05, 0) is 41.2 Å². The van der Waals surface area contributed by atoms with Gasteiger partial charge in [0.15, 0.2) is 0 Å². The number of nitrogens with zero attached hydrogens (tertiary/aromatic N) is 3. The third-order valence-electron chi connectivity index (χ3n) is 6.00. The summed E-state index contributed by atoms with van der Waals surface area (Å²) in [6, 6.07) is 34.6. The van der Waals surface area contributed by atoms with Crippen molar-refractivity contribution in [2.75, 3.05) is 0 Å². The predicted molar refractivity (Wildman–Crippen MR) is 134 cm³/mol. The molecule has 2 aromatic carbocycles. The fourth-order valence-electron chi connectivity index (χ4n) is 3.97. The van der Waals surface area contributed by atoms with E-state index >= 15 is 0 Å². The SMILES string of the molecule is CC(C)(c1ccc(-c2ccccc2)cc1)c1cccc(-c2[c-]c(-c3ccccn3)cnc2)n1.[Pt]. The van der Waals surface area contributed by atoms with Crippen molar-refractivity contribution in [3.63, 3.8) is 0 Å². The molecule has 0 atom stereocenters. The Hall–Kier alpha value is -3.42. The van der Waals surface area contributed by atoms with Gasteiger partial charge in [-0.3, -0.25) is 9.97 Å². The van der Waals surface area contributed by atoms with Crippen molar-refractivity contribution < 1.29 is 21.1 Å². The van der Waals surface area contributed by atoms with E-state index in [4.69, 9.17) is 4.98 Å². The van der Waals surface area contributed by atoms with Crippen molar-refractivity contribution in [2.24, 2.45) is 0 Å². The van der Waals surface area contributed by atoms with Crippen LogP contribution in [0, 0.1) is 6.07 Å². The molecule has 0 spiro atoms. The minimum atomic E-state index is -0.253. The van der Waals surface area contributed by atoms with Crippen LogP contribution in [-0.2, 0) is 26.5 Å². The quantitative estimate of drug-likeness (QED) is 0.199. The van der Waals surface area contributed by atoms with E-state index in [9.17, 15) is 0 Å². The third kappa shape index (κ3) is 4.90. The van der Waals surface area contributed by atoms with Crippen LogP contribution in [0.1, 0.15) is 25.1 Å². The van der Waals surface area contributed by atoms with Crippen molar-refractivity contribution in [1.82, 2.24) is 15.0 Å². The van der Waals surface area contributed by atoms with Crippen molar-refractivity contribution in [3.05, 3.63) is 127 Å². The molecule has 0 saturated heterocycles. The number of hydrogen-bond donors (Lipinski definition) is 0. The monoisotopic (exact) mass is 621 g/mol. The van der Waals surface area contributed by atoms with E-state index in [1.807, 2.05) is 30.3 Å². The maximum Gasteiger partial charge on any atom is 0.0419 e. The van der Waals surface area contributed by atoms with Crippen LogP contribution in [-0.4, -0.2) is 15.0 Å². The zero-order valence-corrected chi connectivity index (χ0v) is 21.3. The average molecular weight is 622 g/mol. The van der Waals surface area contributed by atoms with Gasteiger partial charge in [0, 0.05) is 49.8 Å². The fourth-order valence-corrected chi connectivity index (χ4v) is 3.97. The van der Waals surface area contributed by atoms with E-state index < -0.39 is 0 Å². The summed E-state index contributed by atoms with van der Waals surface area (Å²) in [6.07, 6.45) is 5.37. The molecule has 3 aromatic heterocycles. The van der Waals surface area contributed by atoms with Crippen molar-refractivity contribution in [3.8, 4) is 33.6 Å². The van der Waals surface area contributed by atoms with Gasteiger partial charge >= 0.3 is 0 Å². The Labute approximate surface area is 215 Å². The summed E-state index contributed by atoms with van der Waals surface area (Å²) in [7, 11) is 0. The van der Waals surface area contributed by atoms with Gasteiger partial charge in [-0.25, -0.2) is 0 Å². The van der Waals surface area contributed by atoms with Gasteiger partial charge in [0.25, 0.3) is 0 Å². The van der Waals surface area contributed by atoms with Crippen LogP contribution in [0.5, 0.6) is 0 Å².